The van der Waals surface area contributed by atoms with Gasteiger partial charge >= 0.3 is 0 Å². The Balaban J connectivity index is 2.28. The molecule has 0 radical (unpaired) electrons. The molecule has 1 aromatic carbocycles. The molecule has 1 amide bonds. The van der Waals surface area contributed by atoms with Crippen molar-refractivity contribution >= 4 is 5.91 Å². The van der Waals surface area contributed by atoms with Crippen molar-refractivity contribution in [3.05, 3.63) is 42.5 Å². The van der Waals surface area contributed by atoms with E-state index in [2.05, 4.69) is 18.8 Å². The van der Waals surface area contributed by atoms with Gasteiger partial charge in [-0.25, -0.2) is 0 Å². The number of allylic oxidation sites excluding steroid dienone is 1. The summed E-state index contributed by atoms with van der Waals surface area (Å²) in [5, 5.41) is 2.88. The van der Waals surface area contributed by atoms with Gasteiger partial charge < -0.3 is 10.1 Å². The summed E-state index contributed by atoms with van der Waals surface area (Å²) in [6, 6.07) is 7.73. The monoisotopic (exact) mass is 275 g/mol. The van der Waals surface area contributed by atoms with E-state index in [0.29, 0.717) is 0 Å². The molecule has 0 aromatic heterocycles. The molecule has 0 atom stereocenters. The number of unbranched alkanes of at least 4 members (excludes halogenated alkanes) is 3. The van der Waals surface area contributed by atoms with Crippen LogP contribution in [0.4, 0.5) is 0 Å². The minimum absolute atomic E-state index is 0.0603. The van der Waals surface area contributed by atoms with Crippen LogP contribution in [0.2, 0.25) is 0 Å². The lowest BCUT2D eigenvalue weighted by molar-refractivity contribution is -0.123. The standard InChI is InChI=1S/C17H25NO2/c1-3-5-6-9-13-18-17(19)14-20-16-12-8-7-11-15(16)10-4-2/h4,7-8,11-12H,2-3,5-6,9-10,13-14H2,1H3,(H,18,19). The Morgan fingerprint density at radius 2 is 2.10 bits per heavy atom. The number of benzene rings is 1. The van der Waals surface area contributed by atoms with E-state index in [0.717, 1.165) is 30.7 Å². The third-order valence-electron chi connectivity index (χ3n) is 3.05. The van der Waals surface area contributed by atoms with Crippen LogP contribution in [0.15, 0.2) is 36.9 Å². The number of rotatable bonds is 10. The zero-order valence-corrected chi connectivity index (χ0v) is 12.4. The summed E-state index contributed by atoms with van der Waals surface area (Å²) in [6.07, 6.45) is 7.20. The number of ether oxygens (including phenoxy) is 1. The smallest absolute Gasteiger partial charge is 0.257 e. The highest BCUT2D eigenvalue weighted by molar-refractivity contribution is 5.77. The van der Waals surface area contributed by atoms with Crippen LogP contribution in [0.1, 0.15) is 38.2 Å². The van der Waals surface area contributed by atoms with Crippen molar-refractivity contribution in [1.82, 2.24) is 5.32 Å². The largest absolute Gasteiger partial charge is 0.483 e. The van der Waals surface area contributed by atoms with E-state index in [1.807, 2.05) is 30.3 Å². The third kappa shape index (κ3) is 6.41. The molecule has 1 aromatic rings. The number of amides is 1. The van der Waals surface area contributed by atoms with Crippen molar-refractivity contribution < 1.29 is 9.53 Å². The van der Waals surface area contributed by atoms with Crippen LogP contribution >= 0.6 is 0 Å². The first-order valence-corrected chi connectivity index (χ1v) is 7.36. The van der Waals surface area contributed by atoms with Gasteiger partial charge in [0.2, 0.25) is 0 Å². The zero-order chi connectivity index (χ0) is 14.6. The number of hydrogen-bond donors (Lipinski definition) is 1. The lowest BCUT2D eigenvalue weighted by Gasteiger charge is -2.10. The van der Waals surface area contributed by atoms with Crippen LogP contribution in [0.5, 0.6) is 5.75 Å². The van der Waals surface area contributed by atoms with E-state index in [1.54, 1.807) is 0 Å². The Labute approximate surface area is 122 Å². The Kier molecular flexibility index (Phi) is 8.20. The van der Waals surface area contributed by atoms with Gasteiger partial charge in [-0.05, 0) is 24.5 Å². The molecule has 3 heteroatoms. The van der Waals surface area contributed by atoms with E-state index in [4.69, 9.17) is 4.74 Å². The minimum atomic E-state index is -0.0603. The molecule has 110 valence electrons. The quantitative estimate of drug-likeness (QED) is 0.524. The Bertz CT molecular complexity index is 415. The molecule has 0 unspecified atom stereocenters. The summed E-state index contributed by atoms with van der Waals surface area (Å²) in [5.41, 5.74) is 1.05. The summed E-state index contributed by atoms with van der Waals surface area (Å²) < 4.78 is 5.57. The first kappa shape index (κ1) is 16.3. The van der Waals surface area contributed by atoms with Gasteiger partial charge in [-0.15, -0.1) is 6.58 Å². The fraction of sp³-hybridized carbons (Fsp3) is 0.471. The van der Waals surface area contributed by atoms with Gasteiger partial charge in [-0.3, -0.25) is 4.79 Å². The maximum Gasteiger partial charge on any atom is 0.257 e. The fourth-order valence-electron chi connectivity index (χ4n) is 1.94. The molecule has 0 aliphatic heterocycles. The predicted molar refractivity (Wildman–Crippen MR) is 83.0 cm³/mol. The highest BCUT2D eigenvalue weighted by Gasteiger charge is 2.05. The van der Waals surface area contributed by atoms with Gasteiger partial charge in [-0.2, -0.15) is 0 Å². The number of carbonyl (C=O) groups excluding carboxylic acids is 1. The van der Waals surface area contributed by atoms with Crippen molar-refractivity contribution in [3.8, 4) is 5.75 Å². The molecule has 0 fully saturated rings. The molecule has 3 nitrogen and oxygen atoms in total. The average molecular weight is 275 g/mol. The highest BCUT2D eigenvalue weighted by Crippen LogP contribution is 2.18. The van der Waals surface area contributed by atoms with Gasteiger partial charge in [0.25, 0.3) is 5.91 Å². The summed E-state index contributed by atoms with van der Waals surface area (Å²) in [6.45, 7) is 6.70. The van der Waals surface area contributed by atoms with Gasteiger partial charge in [0.05, 0.1) is 0 Å². The van der Waals surface area contributed by atoms with Crippen molar-refractivity contribution in [2.24, 2.45) is 0 Å². The number of para-hydroxylation sites is 1. The van der Waals surface area contributed by atoms with Crippen LogP contribution in [-0.4, -0.2) is 19.1 Å². The highest BCUT2D eigenvalue weighted by atomic mass is 16.5. The second-order valence-corrected chi connectivity index (χ2v) is 4.80. The van der Waals surface area contributed by atoms with E-state index >= 15 is 0 Å². The second-order valence-electron chi connectivity index (χ2n) is 4.80. The number of carbonyl (C=O) groups is 1. The van der Waals surface area contributed by atoms with Gasteiger partial charge in [0, 0.05) is 6.54 Å². The van der Waals surface area contributed by atoms with Crippen LogP contribution in [0, 0.1) is 0 Å². The lowest BCUT2D eigenvalue weighted by atomic mass is 10.1. The molecule has 0 spiro atoms. The van der Waals surface area contributed by atoms with E-state index < -0.39 is 0 Å². The van der Waals surface area contributed by atoms with Gasteiger partial charge in [0.1, 0.15) is 5.75 Å². The fourth-order valence-corrected chi connectivity index (χ4v) is 1.94. The van der Waals surface area contributed by atoms with Crippen molar-refractivity contribution in [2.75, 3.05) is 13.2 Å². The van der Waals surface area contributed by atoms with Crippen molar-refractivity contribution in [2.45, 2.75) is 39.0 Å². The predicted octanol–water partition coefficient (Wildman–Crippen LogP) is 3.49. The molecule has 0 heterocycles. The molecule has 0 aliphatic carbocycles. The summed E-state index contributed by atoms with van der Waals surface area (Å²) in [4.78, 5) is 11.7. The summed E-state index contributed by atoms with van der Waals surface area (Å²) in [5.74, 6) is 0.698. The van der Waals surface area contributed by atoms with Gasteiger partial charge in [0.15, 0.2) is 6.61 Å². The SMILES string of the molecule is C=CCc1ccccc1OCC(=O)NCCCCCC. The third-order valence-corrected chi connectivity index (χ3v) is 3.05. The molecule has 0 saturated heterocycles. The maximum absolute atomic E-state index is 11.7. The molecule has 20 heavy (non-hydrogen) atoms. The summed E-state index contributed by atoms with van der Waals surface area (Å²) >= 11 is 0. The van der Waals surface area contributed by atoms with Crippen LogP contribution < -0.4 is 10.1 Å². The molecular formula is C17H25NO2. The molecule has 1 rings (SSSR count). The Hall–Kier alpha value is -1.77. The van der Waals surface area contributed by atoms with E-state index in [9.17, 15) is 4.79 Å². The van der Waals surface area contributed by atoms with Gasteiger partial charge in [-0.1, -0.05) is 50.5 Å². The Morgan fingerprint density at radius 1 is 1.30 bits per heavy atom. The first-order valence-electron chi connectivity index (χ1n) is 7.36. The topological polar surface area (TPSA) is 38.3 Å². The molecule has 0 bridgehead atoms. The molecule has 0 saturated carbocycles. The molecule has 1 N–H and O–H groups in total. The number of nitrogens with one attached hydrogen (secondary N) is 1. The second kappa shape index (κ2) is 10.1. The normalized spacial score (nSPS) is 10.1. The molecular weight excluding hydrogens is 250 g/mol. The Morgan fingerprint density at radius 3 is 2.85 bits per heavy atom. The maximum atomic E-state index is 11.7. The molecule has 0 aliphatic rings. The van der Waals surface area contributed by atoms with Crippen molar-refractivity contribution in [3.63, 3.8) is 0 Å². The minimum Gasteiger partial charge on any atom is -0.483 e. The zero-order valence-electron chi connectivity index (χ0n) is 12.4. The van der Waals surface area contributed by atoms with E-state index in [1.165, 1.54) is 19.3 Å². The van der Waals surface area contributed by atoms with Crippen LogP contribution in [0.3, 0.4) is 0 Å². The average Bonchev–Trinajstić information content (AvgIpc) is 2.46. The van der Waals surface area contributed by atoms with E-state index in [-0.39, 0.29) is 12.5 Å². The summed E-state index contributed by atoms with van der Waals surface area (Å²) in [7, 11) is 0. The van der Waals surface area contributed by atoms with Crippen molar-refractivity contribution in [1.29, 1.82) is 0 Å². The van der Waals surface area contributed by atoms with Crippen LogP contribution in [0.25, 0.3) is 0 Å². The first-order chi connectivity index (χ1) is 9.77. The van der Waals surface area contributed by atoms with Crippen LogP contribution in [-0.2, 0) is 11.2 Å². The number of hydrogen-bond acceptors (Lipinski definition) is 2. The lowest BCUT2D eigenvalue weighted by Crippen LogP contribution is -2.29.